The Balaban J connectivity index is 3.24. The van der Waals surface area contributed by atoms with Gasteiger partial charge in [-0.05, 0) is 31.0 Å². The Labute approximate surface area is 66.4 Å². The summed E-state index contributed by atoms with van der Waals surface area (Å²) < 4.78 is 5.05. The topological polar surface area (TPSA) is 29.5 Å². The van der Waals surface area contributed by atoms with E-state index in [1.807, 2.05) is 13.8 Å². The molecule has 2 heteroatoms. The van der Waals surface area contributed by atoms with Crippen molar-refractivity contribution in [1.29, 1.82) is 0 Å². The van der Waals surface area contributed by atoms with Gasteiger partial charge < -0.3 is 9.84 Å². The molecule has 0 aliphatic heterocycles. The zero-order valence-corrected chi connectivity index (χ0v) is 7.01. The second-order valence-electron chi connectivity index (χ2n) is 2.59. The molecule has 0 heterocycles. The summed E-state index contributed by atoms with van der Waals surface area (Å²) in [7, 11) is 1.60. The summed E-state index contributed by atoms with van der Waals surface area (Å²) in [4.78, 5) is 0. The van der Waals surface area contributed by atoms with Crippen LogP contribution in [0.4, 0.5) is 0 Å². The molecule has 11 heavy (non-hydrogen) atoms. The highest BCUT2D eigenvalue weighted by Crippen LogP contribution is 2.26. The van der Waals surface area contributed by atoms with E-state index in [2.05, 4.69) is 0 Å². The number of phenolic OH excluding ortho intramolecular Hbond substituents is 1. The van der Waals surface area contributed by atoms with Gasteiger partial charge in [-0.3, -0.25) is 0 Å². The van der Waals surface area contributed by atoms with E-state index in [0.717, 1.165) is 16.9 Å². The van der Waals surface area contributed by atoms with Crippen molar-refractivity contribution in [2.24, 2.45) is 0 Å². The average Bonchev–Trinajstić information content (AvgIpc) is 1.96. The minimum atomic E-state index is 0.255. The van der Waals surface area contributed by atoms with E-state index in [0.29, 0.717) is 0 Å². The van der Waals surface area contributed by atoms with Crippen molar-refractivity contribution in [2.75, 3.05) is 7.11 Å². The molecule has 0 amide bonds. The van der Waals surface area contributed by atoms with Crippen molar-refractivity contribution in [2.45, 2.75) is 13.8 Å². The minimum Gasteiger partial charge on any atom is -0.508 e. The SMILES string of the molecule is COc1cc(O)cc(C)c1C. The third-order valence-electron chi connectivity index (χ3n) is 1.82. The molecular formula is C9H12O2. The third-order valence-corrected chi connectivity index (χ3v) is 1.82. The number of hydrogen-bond donors (Lipinski definition) is 1. The summed E-state index contributed by atoms with van der Waals surface area (Å²) in [5, 5.41) is 9.17. The predicted molar refractivity (Wildman–Crippen MR) is 44.1 cm³/mol. The molecule has 0 spiro atoms. The van der Waals surface area contributed by atoms with Gasteiger partial charge in [0.2, 0.25) is 0 Å². The van der Waals surface area contributed by atoms with Crippen LogP contribution in [0, 0.1) is 13.8 Å². The Morgan fingerprint density at radius 3 is 2.45 bits per heavy atom. The number of phenols is 1. The molecule has 0 unspecified atom stereocenters. The highest BCUT2D eigenvalue weighted by atomic mass is 16.5. The number of rotatable bonds is 1. The van der Waals surface area contributed by atoms with E-state index < -0.39 is 0 Å². The summed E-state index contributed by atoms with van der Waals surface area (Å²) in [6, 6.07) is 3.33. The summed E-state index contributed by atoms with van der Waals surface area (Å²) >= 11 is 0. The highest BCUT2D eigenvalue weighted by Gasteiger charge is 2.02. The van der Waals surface area contributed by atoms with Gasteiger partial charge in [0.1, 0.15) is 11.5 Å². The average molecular weight is 152 g/mol. The number of aromatic hydroxyl groups is 1. The van der Waals surface area contributed by atoms with Crippen LogP contribution in [-0.4, -0.2) is 12.2 Å². The Bertz CT molecular complexity index is 267. The molecule has 0 aliphatic rings. The molecule has 2 nitrogen and oxygen atoms in total. The van der Waals surface area contributed by atoms with Gasteiger partial charge in [0.25, 0.3) is 0 Å². The zero-order valence-electron chi connectivity index (χ0n) is 7.01. The maximum absolute atomic E-state index is 9.17. The van der Waals surface area contributed by atoms with Crippen LogP contribution in [0.5, 0.6) is 11.5 Å². The molecule has 60 valence electrons. The van der Waals surface area contributed by atoms with E-state index in [4.69, 9.17) is 9.84 Å². The van der Waals surface area contributed by atoms with Crippen LogP contribution in [-0.2, 0) is 0 Å². The molecule has 0 saturated carbocycles. The lowest BCUT2D eigenvalue weighted by atomic mass is 10.1. The molecule has 0 aromatic heterocycles. The molecule has 1 rings (SSSR count). The maximum atomic E-state index is 9.17. The summed E-state index contributed by atoms with van der Waals surface area (Å²) in [5.74, 6) is 0.993. The standard InChI is InChI=1S/C9H12O2/c1-6-4-8(10)5-9(11-3)7(6)2/h4-5,10H,1-3H3. The fourth-order valence-corrected chi connectivity index (χ4v) is 1.02. The largest absolute Gasteiger partial charge is 0.508 e. The van der Waals surface area contributed by atoms with E-state index in [9.17, 15) is 0 Å². The van der Waals surface area contributed by atoms with Crippen LogP contribution < -0.4 is 4.74 Å². The van der Waals surface area contributed by atoms with Gasteiger partial charge in [-0.2, -0.15) is 0 Å². The fraction of sp³-hybridized carbons (Fsp3) is 0.333. The van der Waals surface area contributed by atoms with Gasteiger partial charge in [-0.15, -0.1) is 0 Å². The highest BCUT2D eigenvalue weighted by molar-refractivity contribution is 5.44. The number of benzene rings is 1. The number of hydrogen-bond acceptors (Lipinski definition) is 2. The van der Waals surface area contributed by atoms with E-state index >= 15 is 0 Å². The Morgan fingerprint density at radius 1 is 1.27 bits per heavy atom. The molecule has 0 aliphatic carbocycles. The lowest BCUT2D eigenvalue weighted by Crippen LogP contribution is -1.89. The molecule has 0 fully saturated rings. The zero-order chi connectivity index (χ0) is 8.43. The lowest BCUT2D eigenvalue weighted by Gasteiger charge is -2.07. The number of aryl methyl sites for hydroxylation is 1. The number of ether oxygens (including phenoxy) is 1. The van der Waals surface area contributed by atoms with Gasteiger partial charge in [-0.25, -0.2) is 0 Å². The monoisotopic (exact) mass is 152 g/mol. The van der Waals surface area contributed by atoms with Crippen LogP contribution in [0.15, 0.2) is 12.1 Å². The van der Waals surface area contributed by atoms with E-state index in [1.165, 1.54) is 0 Å². The summed E-state index contributed by atoms with van der Waals surface area (Å²) in [6.45, 7) is 3.91. The van der Waals surface area contributed by atoms with Gasteiger partial charge in [0, 0.05) is 6.07 Å². The molecule has 0 saturated heterocycles. The van der Waals surface area contributed by atoms with Crippen molar-refractivity contribution < 1.29 is 9.84 Å². The second kappa shape index (κ2) is 2.82. The van der Waals surface area contributed by atoms with Crippen molar-refractivity contribution >= 4 is 0 Å². The smallest absolute Gasteiger partial charge is 0.125 e. The fourth-order valence-electron chi connectivity index (χ4n) is 1.02. The molecule has 1 aromatic rings. The molecule has 0 bridgehead atoms. The van der Waals surface area contributed by atoms with Crippen LogP contribution >= 0.6 is 0 Å². The van der Waals surface area contributed by atoms with Gasteiger partial charge in [0.15, 0.2) is 0 Å². The summed E-state index contributed by atoms with van der Waals surface area (Å²) in [5.41, 5.74) is 2.12. The first kappa shape index (κ1) is 7.92. The van der Waals surface area contributed by atoms with Crippen LogP contribution in [0.25, 0.3) is 0 Å². The molecule has 0 radical (unpaired) electrons. The minimum absolute atomic E-state index is 0.255. The second-order valence-corrected chi connectivity index (χ2v) is 2.59. The first-order valence-corrected chi connectivity index (χ1v) is 3.49. The van der Waals surface area contributed by atoms with E-state index in [1.54, 1.807) is 19.2 Å². The van der Waals surface area contributed by atoms with Crippen molar-refractivity contribution in [3.63, 3.8) is 0 Å². The van der Waals surface area contributed by atoms with E-state index in [-0.39, 0.29) is 5.75 Å². The van der Waals surface area contributed by atoms with Gasteiger partial charge in [-0.1, -0.05) is 0 Å². The molecule has 1 aromatic carbocycles. The Hall–Kier alpha value is -1.18. The normalized spacial score (nSPS) is 9.73. The summed E-state index contributed by atoms with van der Waals surface area (Å²) in [6.07, 6.45) is 0. The van der Waals surface area contributed by atoms with Crippen molar-refractivity contribution in [1.82, 2.24) is 0 Å². The van der Waals surface area contributed by atoms with Gasteiger partial charge in [0.05, 0.1) is 7.11 Å². The van der Waals surface area contributed by atoms with Gasteiger partial charge >= 0.3 is 0 Å². The lowest BCUT2D eigenvalue weighted by molar-refractivity contribution is 0.404. The first-order valence-electron chi connectivity index (χ1n) is 3.49. The van der Waals surface area contributed by atoms with Crippen molar-refractivity contribution in [3.8, 4) is 11.5 Å². The number of methoxy groups -OCH3 is 1. The van der Waals surface area contributed by atoms with Crippen LogP contribution in [0.2, 0.25) is 0 Å². The Kier molecular flexibility index (Phi) is 2.03. The van der Waals surface area contributed by atoms with Crippen LogP contribution in [0.3, 0.4) is 0 Å². The molecule has 1 N–H and O–H groups in total. The van der Waals surface area contributed by atoms with Crippen molar-refractivity contribution in [3.05, 3.63) is 23.3 Å². The maximum Gasteiger partial charge on any atom is 0.125 e. The predicted octanol–water partition coefficient (Wildman–Crippen LogP) is 2.02. The Morgan fingerprint density at radius 2 is 1.91 bits per heavy atom. The quantitative estimate of drug-likeness (QED) is 0.667. The molecular weight excluding hydrogens is 140 g/mol. The first-order chi connectivity index (χ1) is 5.15. The van der Waals surface area contributed by atoms with Crippen LogP contribution in [0.1, 0.15) is 11.1 Å². The molecule has 0 atom stereocenters. The third kappa shape index (κ3) is 1.45.